The number of urea groups is 1. The number of nitrogens with one attached hydrogen (secondary N) is 1. The Kier molecular flexibility index (Phi) is 4.57. The van der Waals surface area contributed by atoms with Gasteiger partial charge in [-0.15, -0.1) is 0 Å². The number of nitrogens with zero attached hydrogens (tertiary/aromatic N) is 1. The normalized spacial score (nSPS) is 17.8. The number of carboxylic acids is 1. The molecule has 1 fully saturated rings. The maximum absolute atomic E-state index is 12.0. The Morgan fingerprint density at radius 1 is 1.40 bits per heavy atom. The van der Waals surface area contributed by atoms with Crippen LogP contribution in [0.15, 0.2) is 24.3 Å². The van der Waals surface area contributed by atoms with Crippen molar-refractivity contribution in [1.29, 1.82) is 0 Å². The lowest BCUT2D eigenvalue weighted by Crippen LogP contribution is -2.40. The number of carbonyl (C=O) groups excluding carboxylic acids is 1. The van der Waals surface area contributed by atoms with Crippen LogP contribution < -0.4 is 5.32 Å². The number of benzene rings is 1. The highest BCUT2D eigenvalue weighted by atomic mass is 16.5. The van der Waals surface area contributed by atoms with Crippen LogP contribution in [0.25, 0.3) is 0 Å². The third-order valence-corrected chi connectivity index (χ3v) is 3.33. The van der Waals surface area contributed by atoms with Gasteiger partial charge in [-0.25, -0.2) is 4.79 Å². The van der Waals surface area contributed by atoms with E-state index in [-0.39, 0.29) is 18.5 Å². The van der Waals surface area contributed by atoms with Gasteiger partial charge in [0.25, 0.3) is 0 Å². The molecule has 1 aliphatic rings. The molecule has 0 aliphatic carbocycles. The molecule has 1 atom stereocenters. The van der Waals surface area contributed by atoms with E-state index in [0.29, 0.717) is 24.5 Å². The lowest BCUT2D eigenvalue weighted by atomic mass is 10.1. The number of rotatable bonds is 4. The van der Waals surface area contributed by atoms with Crippen LogP contribution in [0.2, 0.25) is 0 Å². The maximum atomic E-state index is 12.0. The molecule has 0 radical (unpaired) electrons. The second-order valence-corrected chi connectivity index (χ2v) is 4.83. The second kappa shape index (κ2) is 6.38. The molecule has 1 unspecified atom stereocenters. The first-order valence-corrected chi connectivity index (χ1v) is 6.48. The molecule has 2 N–H and O–H groups in total. The minimum Gasteiger partial charge on any atom is -0.481 e. The number of amides is 2. The largest absolute Gasteiger partial charge is 0.481 e. The zero-order valence-electron chi connectivity index (χ0n) is 11.3. The highest BCUT2D eigenvalue weighted by molar-refractivity contribution is 5.89. The summed E-state index contributed by atoms with van der Waals surface area (Å²) in [6.45, 7) is 1.26. The standard InChI is InChI=1S/C14H18N2O4/c1-16(12-6-7-20-9-12)14(19)15-11-4-2-10(3-5-11)8-13(17)18/h2-5,12H,6-9H2,1H3,(H,15,19)(H,17,18). The van der Waals surface area contributed by atoms with E-state index in [1.807, 2.05) is 0 Å². The van der Waals surface area contributed by atoms with E-state index in [9.17, 15) is 9.59 Å². The Balaban J connectivity index is 1.91. The van der Waals surface area contributed by atoms with Crippen molar-refractivity contribution in [1.82, 2.24) is 4.90 Å². The van der Waals surface area contributed by atoms with Gasteiger partial charge in [0, 0.05) is 19.3 Å². The molecule has 0 saturated carbocycles. The van der Waals surface area contributed by atoms with E-state index in [4.69, 9.17) is 9.84 Å². The van der Waals surface area contributed by atoms with Gasteiger partial charge in [-0.05, 0) is 24.1 Å². The molecule has 6 nitrogen and oxygen atoms in total. The van der Waals surface area contributed by atoms with Gasteiger partial charge in [-0.3, -0.25) is 4.79 Å². The first-order valence-electron chi connectivity index (χ1n) is 6.48. The van der Waals surface area contributed by atoms with E-state index < -0.39 is 5.97 Å². The zero-order valence-corrected chi connectivity index (χ0v) is 11.3. The third-order valence-electron chi connectivity index (χ3n) is 3.33. The Bertz CT molecular complexity index is 480. The van der Waals surface area contributed by atoms with E-state index in [2.05, 4.69) is 5.32 Å². The number of carboxylic acid groups (broad SMARTS) is 1. The summed E-state index contributed by atoms with van der Waals surface area (Å²) in [6.07, 6.45) is 0.828. The SMILES string of the molecule is CN(C(=O)Nc1ccc(CC(=O)O)cc1)C1CCOC1. The number of hydrogen-bond donors (Lipinski definition) is 2. The van der Waals surface area contributed by atoms with Gasteiger partial charge in [-0.2, -0.15) is 0 Å². The predicted octanol–water partition coefficient (Wildman–Crippen LogP) is 1.57. The second-order valence-electron chi connectivity index (χ2n) is 4.83. The van der Waals surface area contributed by atoms with Gasteiger partial charge in [0.2, 0.25) is 0 Å². The molecule has 1 saturated heterocycles. The van der Waals surface area contributed by atoms with Gasteiger partial charge in [0.05, 0.1) is 19.1 Å². The molecular formula is C14H18N2O4. The summed E-state index contributed by atoms with van der Waals surface area (Å²) in [6, 6.07) is 6.72. The average molecular weight is 278 g/mol. The fourth-order valence-corrected chi connectivity index (χ4v) is 2.09. The van der Waals surface area contributed by atoms with Crippen LogP contribution >= 0.6 is 0 Å². The van der Waals surface area contributed by atoms with Crippen LogP contribution in [0, 0.1) is 0 Å². The summed E-state index contributed by atoms with van der Waals surface area (Å²) < 4.78 is 5.25. The topological polar surface area (TPSA) is 78.9 Å². The first-order chi connectivity index (χ1) is 9.56. The van der Waals surface area contributed by atoms with Gasteiger partial charge in [0.15, 0.2) is 0 Å². The van der Waals surface area contributed by atoms with E-state index >= 15 is 0 Å². The number of ether oxygens (including phenoxy) is 1. The van der Waals surface area contributed by atoms with Crippen molar-refractivity contribution in [2.24, 2.45) is 0 Å². The van der Waals surface area contributed by atoms with Crippen LogP contribution in [0.1, 0.15) is 12.0 Å². The smallest absolute Gasteiger partial charge is 0.321 e. The number of hydrogen-bond acceptors (Lipinski definition) is 3. The van der Waals surface area contributed by atoms with E-state index in [1.54, 1.807) is 36.2 Å². The van der Waals surface area contributed by atoms with E-state index in [0.717, 1.165) is 6.42 Å². The maximum Gasteiger partial charge on any atom is 0.321 e. The highest BCUT2D eigenvalue weighted by Gasteiger charge is 2.23. The van der Waals surface area contributed by atoms with Crippen molar-refractivity contribution >= 4 is 17.7 Å². The van der Waals surface area contributed by atoms with E-state index in [1.165, 1.54) is 0 Å². The summed E-state index contributed by atoms with van der Waals surface area (Å²) in [5.74, 6) is -0.872. The summed E-state index contributed by atoms with van der Waals surface area (Å²) in [7, 11) is 1.74. The molecule has 6 heteroatoms. The Labute approximate surface area is 117 Å². The first kappa shape index (κ1) is 14.3. The molecule has 2 rings (SSSR count). The number of anilines is 1. The van der Waals surface area contributed by atoms with Gasteiger partial charge < -0.3 is 20.1 Å². The molecule has 2 amide bonds. The summed E-state index contributed by atoms with van der Waals surface area (Å²) >= 11 is 0. The summed E-state index contributed by atoms with van der Waals surface area (Å²) in [5.41, 5.74) is 1.35. The van der Waals surface area contributed by atoms with Crippen LogP contribution in [-0.4, -0.2) is 48.3 Å². The lowest BCUT2D eigenvalue weighted by Gasteiger charge is -2.23. The van der Waals surface area contributed by atoms with Gasteiger partial charge in [-0.1, -0.05) is 12.1 Å². The molecule has 0 bridgehead atoms. The van der Waals surface area contributed by atoms with Crippen LogP contribution in [-0.2, 0) is 16.0 Å². The molecule has 0 aromatic heterocycles. The van der Waals surface area contributed by atoms with Crippen LogP contribution in [0.5, 0.6) is 0 Å². The Morgan fingerprint density at radius 2 is 2.10 bits per heavy atom. The fourth-order valence-electron chi connectivity index (χ4n) is 2.09. The van der Waals surface area contributed by atoms with Gasteiger partial charge in [0.1, 0.15) is 0 Å². The zero-order chi connectivity index (χ0) is 14.5. The summed E-state index contributed by atoms with van der Waals surface area (Å²) in [5, 5.41) is 11.5. The monoisotopic (exact) mass is 278 g/mol. The van der Waals surface area contributed by atoms with Crippen molar-refractivity contribution < 1.29 is 19.4 Å². The minimum atomic E-state index is -0.872. The molecule has 1 heterocycles. The van der Waals surface area contributed by atoms with Crippen molar-refractivity contribution in [3.63, 3.8) is 0 Å². The van der Waals surface area contributed by atoms with Crippen molar-refractivity contribution in [3.8, 4) is 0 Å². The van der Waals surface area contributed by atoms with Crippen LogP contribution in [0.4, 0.5) is 10.5 Å². The fraction of sp³-hybridized carbons (Fsp3) is 0.429. The molecule has 1 aromatic carbocycles. The lowest BCUT2D eigenvalue weighted by molar-refractivity contribution is -0.136. The Morgan fingerprint density at radius 3 is 2.65 bits per heavy atom. The molecular weight excluding hydrogens is 260 g/mol. The highest BCUT2D eigenvalue weighted by Crippen LogP contribution is 2.14. The molecule has 108 valence electrons. The van der Waals surface area contributed by atoms with Crippen molar-refractivity contribution in [3.05, 3.63) is 29.8 Å². The number of carbonyl (C=O) groups is 2. The molecule has 20 heavy (non-hydrogen) atoms. The predicted molar refractivity (Wildman–Crippen MR) is 73.8 cm³/mol. The molecule has 1 aliphatic heterocycles. The Hall–Kier alpha value is -2.08. The summed E-state index contributed by atoms with van der Waals surface area (Å²) in [4.78, 5) is 24.2. The molecule has 0 spiro atoms. The minimum absolute atomic E-state index is 0.0203. The quantitative estimate of drug-likeness (QED) is 0.876. The van der Waals surface area contributed by atoms with Crippen molar-refractivity contribution in [2.75, 3.05) is 25.6 Å². The van der Waals surface area contributed by atoms with Crippen LogP contribution in [0.3, 0.4) is 0 Å². The van der Waals surface area contributed by atoms with Gasteiger partial charge >= 0.3 is 12.0 Å². The number of likely N-dealkylation sites (N-methyl/N-ethyl adjacent to an activating group) is 1. The number of aliphatic carboxylic acids is 1. The molecule has 1 aromatic rings. The average Bonchev–Trinajstić information content (AvgIpc) is 2.93. The third kappa shape index (κ3) is 3.71. The van der Waals surface area contributed by atoms with Crippen molar-refractivity contribution in [2.45, 2.75) is 18.9 Å².